The van der Waals surface area contributed by atoms with Crippen molar-refractivity contribution in [3.8, 4) is 16.9 Å². The molecule has 4 rings (SSSR count). The summed E-state index contributed by atoms with van der Waals surface area (Å²) in [7, 11) is 1.65. The zero-order valence-corrected chi connectivity index (χ0v) is 13.8. The number of ether oxygens (including phenoxy) is 3. The van der Waals surface area contributed by atoms with E-state index in [1.165, 1.54) is 5.56 Å². The number of methoxy groups -OCH3 is 1. The maximum absolute atomic E-state index is 12.1. The van der Waals surface area contributed by atoms with E-state index in [-0.39, 0.29) is 18.2 Å². The van der Waals surface area contributed by atoms with Crippen LogP contribution in [0.5, 0.6) is 5.75 Å². The molecule has 124 valence electrons. The molecule has 1 saturated heterocycles. The van der Waals surface area contributed by atoms with E-state index in [1.54, 1.807) is 7.11 Å². The third kappa shape index (κ3) is 3.02. The standard InChI is InChI=1S/C20H20O4/c1-12-3-5-13(6-4-12)17-11-15(22-2)9-10-16(17)18-19(24-18)20(21)23-14-7-8-14/h3-6,9-11,14,18-19H,7-8H2,1-2H3. The van der Waals surface area contributed by atoms with Gasteiger partial charge in [-0.1, -0.05) is 35.9 Å². The molecule has 1 aliphatic heterocycles. The summed E-state index contributed by atoms with van der Waals surface area (Å²) in [5, 5.41) is 0. The van der Waals surface area contributed by atoms with Gasteiger partial charge in [-0.05, 0) is 48.6 Å². The number of rotatable bonds is 5. The minimum absolute atomic E-state index is 0.106. The number of esters is 1. The summed E-state index contributed by atoms with van der Waals surface area (Å²) in [5.41, 5.74) is 4.31. The Morgan fingerprint density at radius 1 is 1.12 bits per heavy atom. The lowest BCUT2D eigenvalue weighted by Crippen LogP contribution is -2.13. The van der Waals surface area contributed by atoms with Gasteiger partial charge in [0.2, 0.25) is 0 Å². The van der Waals surface area contributed by atoms with Crippen molar-refractivity contribution in [2.24, 2.45) is 0 Å². The van der Waals surface area contributed by atoms with E-state index in [1.807, 2.05) is 18.2 Å². The molecule has 2 aromatic rings. The third-order valence-corrected chi connectivity index (χ3v) is 4.46. The topological polar surface area (TPSA) is 48.1 Å². The first-order valence-corrected chi connectivity index (χ1v) is 8.26. The fourth-order valence-electron chi connectivity index (χ4n) is 2.84. The molecule has 2 aliphatic rings. The van der Waals surface area contributed by atoms with Gasteiger partial charge in [0.15, 0.2) is 6.10 Å². The van der Waals surface area contributed by atoms with Crippen LogP contribution in [-0.2, 0) is 14.3 Å². The second kappa shape index (κ2) is 5.95. The highest BCUT2D eigenvalue weighted by Gasteiger charge is 2.49. The van der Waals surface area contributed by atoms with E-state index in [9.17, 15) is 4.79 Å². The number of carbonyl (C=O) groups is 1. The normalized spacial score (nSPS) is 22.1. The largest absolute Gasteiger partial charge is 0.497 e. The molecule has 0 radical (unpaired) electrons. The number of hydrogen-bond donors (Lipinski definition) is 0. The first kappa shape index (κ1) is 15.2. The quantitative estimate of drug-likeness (QED) is 0.620. The van der Waals surface area contributed by atoms with Crippen LogP contribution in [0.4, 0.5) is 0 Å². The number of aryl methyl sites for hydroxylation is 1. The van der Waals surface area contributed by atoms with Crippen LogP contribution in [0.25, 0.3) is 11.1 Å². The lowest BCUT2D eigenvalue weighted by atomic mass is 9.95. The summed E-state index contributed by atoms with van der Waals surface area (Å²) >= 11 is 0. The van der Waals surface area contributed by atoms with Gasteiger partial charge in [-0.15, -0.1) is 0 Å². The van der Waals surface area contributed by atoms with Gasteiger partial charge in [0.1, 0.15) is 18.0 Å². The van der Waals surface area contributed by atoms with E-state index in [2.05, 4.69) is 31.2 Å². The molecule has 2 fully saturated rings. The Bertz CT molecular complexity index is 762. The smallest absolute Gasteiger partial charge is 0.338 e. The average molecular weight is 324 g/mol. The molecule has 0 aromatic heterocycles. The predicted molar refractivity (Wildman–Crippen MR) is 89.9 cm³/mol. The fourth-order valence-corrected chi connectivity index (χ4v) is 2.84. The Labute approximate surface area is 141 Å². The van der Waals surface area contributed by atoms with Crippen molar-refractivity contribution >= 4 is 5.97 Å². The summed E-state index contributed by atoms with van der Waals surface area (Å²) in [6, 6.07) is 14.2. The average Bonchev–Trinajstić information content (AvgIpc) is 3.49. The van der Waals surface area contributed by atoms with Crippen LogP contribution >= 0.6 is 0 Å². The van der Waals surface area contributed by atoms with E-state index in [0.717, 1.165) is 35.3 Å². The van der Waals surface area contributed by atoms with E-state index in [0.29, 0.717) is 0 Å². The number of hydrogen-bond acceptors (Lipinski definition) is 4. The molecule has 0 spiro atoms. The van der Waals surface area contributed by atoms with Crippen LogP contribution in [0.3, 0.4) is 0 Å². The third-order valence-electron chi connectivity index (χ3n) is 4.46. The van der Waals surface area contributed by atoms with Crippen LogP contribution in [0.15, 0.2) is 42.5 Å². The fraction of sp³-hybridized carbons (Fsp3) is 0.350. The molecular formula is C20H20O4. The molecule has 2 aromatic carbocycles. The van der Waals surface area contributed by atoms with Crippen LogP contribution in [0, 0.1) is 6.92 Å². The van der Waals surface area contributed by atoms with Gasteiger partial charge in [0.05, 0.1) is 7.11 Å². The van der Waals surface area contributed by atoms with E-state index < -0.39 is 6.10 Å². The Morgan fingerprint density at radius 2 is 1.88 bits per heavy atom. The van der Waals surface area contributed by atoms with Crippen molar-refractivity contribution < 1.29 is 19.0 Å². The van der Waals surface area contributed by atoms with E-state index >= 15 is 0 Å². The van der Waals surface area contributed by atoms with Crippen molar-refractivity contribution in [2.75, 3.05) is 7.11 Å². The molecule has 4 heteroatoms. The minimum atomic E-state index is -0.483. The second-order valence-electron chi connectivity index (χ2n) is 6.43. The van der Waals surface area contributed by atoms with Gasteiger partial charge in [-0.2, -0.15) is 0 Å². The molecule has 1 heterocycles. The van der Waals surface area contributed by atoms with Gasteiger partial charge < -0.3 is 14.2 Å². The van der Waals surface area contributed by atoms with E-state index in [4.69, 9.17) is 14.2 Å². The summed E-state index contributed by atoms with van der Waals surface area (Å²) in [6.45, 7) is 2.06. The predicted octanol–water partition coefficient (Wildman–Crippen LogP) is 3.82. The SMILES string of the molecule is COc1ccc(C2OC2C(=O)OC2CC2)c(-c2ccc(C)cc2)c1. The first-order valence-electron chi connectivity index (χ1n) is 8.26. The van der Waals surface area contributed by atoms with Gasteiger partial charge in [-0.3, -0.25) is 0 Å². The Morgan fingerprint density at radius 3 is 2.54 bits per heavy atom. The Hall–Kier alpha value is -2.33. The zero-order chi connectivity index (χ0) is 16.7. The molecule has 24 heavy (non-hydrogen) atoms. The number of epoxide rings is 1. The zero-order valence-electron chi connectivity index (χ0n) is 13.8. The van der Waals surface area contributed by atoms with Crippen molar-refractivity contribution in [2.45, 2.75) is 38.1 Å². The number of benzene rings is 2. The van der Waals surface area contributed by atoms with Gasteiger partial charge >= 0.3 is 5.97 Å². The highest BCUT2D eigenvalue weighted by Crippen LogP contribution is 2.45. The summed E-state index contributed by atoms with van der Waals surface area (Å²) < 4.78 is 16.4. The highest BCUT2D eigenvalue weighted by atomic mass is 16.6. The molecule has 2 unspecified atom stereocenters. The molecular weight excluding hydrogens is 304 g/mol. The van der Waals surface area contributed by atoms with Crippen molar-refractivity contribution in [1.29, 1.82) is 0 Å². The Kier molecular flexibility index (Phi) is 3.77. The molecule has 1 aliphatic carbocycles. The van der Waals surface area contributed by atoms with Crippen LogP contribution < -0.4 is 4.74 Å². The van der Waals surface area contributed by atoms with Crippen LogP contribution in [0.2, 0.25) is 0 Å². The summed E-state index contributed by atoms with van der Waals surface area (Å²) in [5.74, 6) is 0.542. The van der Waals surface area contributed by atoms with Gasteiger partial charge in [0, 0.05) is 0 Å². The van der Waals surface area contributed by atoms with Crippen molar-refractivity contribution in [3.63, 3.8) is 0 Å². The molecule has 0 bridgehead atoms. The molecule has 0 N–H and O–H groups in total. The van der Waals surface area contributed by atoms with Crippen molar-refractivity contribution in [1.82, 2.24) is 0 Å². The highest BCUT2D eigenvalue weighted by molar-refractivity contribution is 5.80. The van der Waals surface area contributed by atoms with Gasteiger partial charge in [0.25, 0.3) is 0 Å². The minimum Gasteiger partial charge on any atom is -0.497 e. The summed E-state index contributed by atoms with van der Waals surface area (Å²) in [6.07, 6.45) is 1.33. The number of carbonyl (C=O) groups excluding carboxylic acids is 1. The van der Waals surface area contributed by atoms with Crippen LogP contribution in [-0.4, -0.2) is 25.3 Å². The lowest BCUT2D eigenvalue weighted by molar-refractivity contribution is -0.146. The maximum atomic E-state index is 12.1. The first-order chi connectivity index (χ1) is 11.7. The Balaban J connectivity index is 1.63. The van der Waals surface area contributed by atoms with Gasteiger partial charge in [-0.25, -0.2) is 4.79 Å². The van der Waals surface area contributed by atoms with Crippen LogP contribution in [0.1, 0.15) is 30.1 Å². The van der Waals surface area contributed by atoms with Crippen molar-refractivity contribution in [3.05, 3.63) is 53.6 Å². The molecule has 2 atom stereocenters. The maximum Gasteiger partial charge on any atom is 0.338 e. The lowest BCUT2D eigenvalue weighted by Gasteiger charge is -2.11. The molecule has 4 nitrogen and oxygen atoms in total. The second-order valence-corrected chi connectivity index (χ2v) is 6.43. The molecule has 1 saturated carbocycles. The monoisotopic (exact) mass is 324 g/mol. The summed E-state index contributed by atoms with van der Waals surface area (Å²) in [4.78, 5) is 12.1. The molecule has 0 amide bonds.